The van der Waals surface area contributed by atoms with Crippen LogP contribution in [0.3, 0.4) is 0 Å². The highest BCUT2D eigenvalue weighted by Crippen LogP contribution is 2.26. The molecule has 1 saturated heterocycles. The molecular formula is C32H47NO2. The quantitative estimate of drug-likeness (QED) is 0.217. The van der Waals surface area contributed by atoms with Crippen LogP contribution >= 0.6 is 0 Å². The van der Waals surface area contributed by atoms with E-state index in [1.165, 1.54) is 62.7 Å². The highest BCUT2D eigenvalue weighted by atomic mass is 16.5. The van der Waals surface area contributed by atoms with E-state index in [1.54, 1.807) is 0 Å². The van der Waals surface area contributed by atoms with Gasteiger partial charge in [-0.25, -0.2) is 0 Å². The van der Waals surface area contributed by atoms with Crippen molar-refractivity contribution in [2.24, 2.45) is 11.8 Å². The molecule has 1 heterocycles. The van der Waals surface area contributed by atoms with Gasteiger partial charge in [-0.3, -0.25) is 4.79 Å². The second-order valence-corrected chi connectivity index (χ2v) is 10.5. The molecule has 2 aromatic rings. The molecule has 2 unspecified atom stereocenters. The number of likely N-dealkylation sites (tertiary alicyclic amines) is 1. The van der Waals surface area contributed by atoms with Gasteiger partial charge in [-0.05, 0) is 80.8 Å². The molecule has 1 aliphatic rings. The molecule has 3 nitrogen and oxygen atoms in total. The number of nitrogens with zero attached hydrogens (tertiary/aromatic N) is 1. The summed E-state index contributed by atoms with van der Waals surface area (Å²) < 4.78 is 5.98. The third kappa shape index (κ3) is 10.2. The summed E-state index contributed by atoms with van der Waals surface area (Å²) >= 11 is 0. The molecule has 0 N–H and O–H groups in total. The van der Waals surface area contributed by atoms with Crippen molar-refractivity contribution in [3.8, 4) is 5.75 Å². The van der Waals surface area contributed by atoms with Gasteiger partial charge in [0.25, 0.3) is 0 Å². The van der Waals surface area contributed by atoms with E-state index in [1.807, 2.05) is 18.2 Å². The number of ether oxygens (including phenoxy) is 1. The summed E-state index contributed by atoms with van der Waals surface area (Å²) in [5.41, 5.74) is 2.53. The molecule has 0 bridgehead atoms. The predicted molar refractivity (Wildman–Crippen MR) is 147 cm³/mol. The molecule has 1 aliphatic heterocycles. The van der Waals surface area contributed by atoms with Gasteiger partial charge < -0.3 is 9.64 Å². The number of carbonyl (C=O) groups excluding carboxylic acids is 1. The zero-order valence-corrected chi connectivity index (χ0v) is 22.2. The molecule has 2 atom stereocenters. The first-order valence-electron chi connectivity index (χ1n) is 14.2. The number of carbonyl (C=O) groups is 1. The summed E-state index contributed by atoms with van der Waals surface area (Å²) in [6.45, 7) is 8.58. The Morgan fingerprint density at radius 1 is 0.886 bits per heavy atom. The van der Waals surface area contributed by atoms with Crippen LogP contribution in [0.2, 0.25) is 0 Å². The van der Waals surface area contributed by atoms with Crippen LogP contribution in [0.5, 0.6) is 5.75 Å². The van der Waals surface area contributed by atoms with Gasteiger partial charge in [0.1, 0.15) is 18.1 Å². The van der Waals surface area contributed by atoms with E-state index >= 15 is 0 Å². The standard InChI is InChI=1S/C32H47NO2/c1-3-5-6-7-11-16-32(34)30(4-2)24-29(25-33-21-12-13-22-33)23-27-17-19-31(20-18-27)35-26-28-14-9-8-10-15-28/h8-10,14-15,17-20,29-30H,3-7,11-13,16,21-26H2,1-2H3. The summed E-state index contributed by atoms with van der Waals surface area (Å²) in [5, 5.41) is 0. The molecule has 1 fully saturated rings. The van der Waals surface area contributed by atoms with E-state index in [-0.39, 0.29) is 5.92 Å². The lowest BCUT2D eigenvalue weighted by Crippen LogP contribution is -2.30. The van der Waals surface area contributed by atoms with Crippen molar-refractivity contribution in [1.82, 2.24) is 4.90 Å². The van der Waals surface area contributed by atoms with E-state index in [9.17, 15) is 4.79 Å². The fraction of sp³-hybridized carbons (Fsp3) is 0.594. The third-order valence-corrected chi connectivity index (χ3v) is 7.50. The van der Waals surface area contributed by atoms with Gasteiger partial charge in [-0.1, -0.05) is 82.0 Å². The van der Waals surface area contributed by atoms with Crippen molar-refractivity contribution < 1.29 is 9.53 Å². The molecule has 0 saturated carbocycles. The van der Waals surface area contributed by atoms with Crippen LogP contribution < -0.4 is 4.74 Å². The van der Waals surface area contributed by atoms with Crippen LogP contribution in [0, 0.1) is 11.8 Å². The van der Waals surface area contributed by atoms with Crippen LogP contribution in [-0.2, 0) is 17.8 Å². The van der Waals surface area contributed by atoms with Crippen LogP contribution in [-0.4, -0.2) is 30.3 Å². The lowest BCUT2D eigenvalue weighted by atomic mass is 9.84. The van der Waals surface area contributed by atoms with E-state index < -0.39 is 0 Å². The Labute approximate surface area is 214 Å². The summed E-state index contributed by atoms with van der Waals surface area (Å²) in [6.07, 6.45) is 12.5. The van der Waals surface area contributed by atoms with Gasteiger partial charge in [-0.2, -0.15) is 0 Å². The molecule has 0 radical (unpaired) electrons. The SMILES string of the molecule is CCCCCCCC(=O)C(CC)CC(Cc1ccc(OCc2ccccc2)cc1)CN1CCCC1. The number of benzene rings is 2. The molecule has 3 rings (SSSR count). The smallest absolute Gasteiger partial charge is 0.135 e. The molecular weight excluding hydrogens is 430 g/mol. The second kappa shape index (κ2) is 15.8. The van der Waals surface area contributed by atoms with Crippen LogP contribution in [0.25, 0.3) is 0 Å². The Morgan fingerprint density at radius 2 is 1.60 bits per heavy atom. The average molecular weight is 478 g/mol. The minimum atomic E-state index is 0.210. The molecule has 192 valence electrons. The van der Waals surface area contributed by atoms with Crippen molar-refractivity contribution >= 4 is 5.78 Å². The van der Waals surface area contributed by atoms with Gasteiger partial charge in [0.15, 0.2) is 0 Å². The molecule has 3 heteroatoms. The highest BCUT2D eigenvalue weighted by molar-refractivity contribution is 5.80. The van der Waals surface area contributed by atoms with Gasteiger partial charge in [0.05, 0.1) is 0 Å². The maximum absolute atomic E-state index is 13.0. The Hall–Kier alpha value is -2.13. The lowest BCUT2D eigenvalue weighted by molar-refractivity contribution is -0.123. The van der Waals surface area contributed by atoms with Gasteiger partial charge >= 0.3 is 0 Å². The first-order chi connectivity index (χ1) is 17.2. The lowest BCUT2D eigenvalue weighted by Gasteiger charge is -2.27. The van der Waals surface area contributed by atoms with Crippen LogP contribution in [0.4, 0.5) is 0 Å². The Bertz CT molecular complexity index is 826. The largest absolute Gasteiger partial charge is 0.489 e. The van der Waals surface area contributed by atoms with Crippen molar-refractivity contribution in [2.45, 2.75) is 91.1 Å². The van der Waals surface area contributed by atoms with E-state index in [0.29, 0.717) is 18.3 Å². The Kier molecular flexibility index (Phi) is 12.4. The zero-order valence-electron chi connectivity index (χ0n) is 22.2. The second-order valence-electron chi connectivity index (χ2n) is 10.5. The normalized spacial score (nSPS) is 15.7. The Balaban J connectivity index is 1.54. The topological polar surface area (TPSA) is 29.5 Å². The summed E-state index contributed by atoms with van der Waals surface area (Å²) in [6, 6.07) is 18.9. The fourth-order valence-electron chi connectivity index (χ4n) is 5.38. The maximum atomic E-state index is 13.0. The minimum absolute atomic E-state index is 0.210. The van der Waals surface area contributed by atoms with Crippen LogP contribution in [0.1, 0.15) is 89.2 Å². The number of unbranched alkanes of at least 4 members (excludes halogenated alkanes) is 4. The van der Waals surface area contributed by atoms with Crippen molar-refractivity contribution in [3.63, 3.8) is 0 Å². The molecule has 0 aromatic heterocycles. The van der Waals surface area contributed by atoms with E-state index in [4.69, 9.17) is 4.74 Å². The molecule has 0 aliphatic carbocycles. The van der Waals surface area contributed by atoms with Crippen molar-refractivity contribution in [1.29, 1.82) is 0 Å². The van der Waals surface area contributed by atoms with Gasteiger partial charge in [-0.15, -0.1) is 0 Å². The summed E-state index contributed by atoms with van der Waals surface area (Å²) in [5.74, 6) is 2.15. The fourth-order valence-corrected chi connectivity index (χ4v) is 5.38. The summed E-state index contributed by atoms with van der Waals surface area (Å²) in [4.78, 5) is 15.7. The molecule has 2 aromatic carbocycles. The van der Waals surface area contributed by atoms with Crippen molar-refractivity contribution in [2.75, 3.05) is 19.6 Å². The maximum Gasteiger partial charge on any atom is 0.135 e. The van der Waals surface area contributed by atoms with Gasteiger partial charge in [0, 0.05) is 18.9 Å². The Morgan fingerprint density at radius 3 is 2.29 bits per heavy atom. The highest BCUT2D eigenvalue weighted by Gasteiger charge is 2.24. The van der Waals surface area contributed by atoms with Crippen LogP contribution in [0.15, 0.2) is 54.6 Å². The number of hydrogen-bond donors (Lipinski definition) is 0. The number of hydrogen-bond acceptors (Lipinski definition) is 3. The molecule has 0 amide bonds. The van der Waals surface area contributed by atoms with E-state index in [0.717, 1.165) is 44.4 Å². The van der Waals surface area contributed by atoms with Gasteiger partial charge in [0.2, 0.25) is 0 Å². The molecule has 0 spiro atoms. The minimum Gasteiger partial charge on any atom is -0.489 e. The first-order valence-corrected chi connectivity index (χ1v) is 14.2. The van der Waals surface area contributed by atoms with E-state index in [2.05, 4.69) is 55.1 Å². The number of rotatable bonds is 17. The van der Waals surface area contributed by atoms with Crippen molar-refractivity contribution in [3.05, 3.63) is 65.7 Å². The number of ketones is 1. The summed E-state index contributed by atoms with van der Waals surface area (Å²) in [7, 11) is 0. The zero-order chi connectivity index (χ0) is 24.7. The average Bonchev–Trinajstić information content (AvgIpc) is 3.40. The monoisotopic (exact) mass is 477 g/mol. The predicted octanol–water partition coefficient (Wildman–Crippen LogP) is 7.87. The number of Topliss-reactive ketones (excluding diaryl/α,β-unsaturated/α-hetero) is 1. The third-order valence-electron chi connectivity index (χ3n) is 7.50. The molecule has 35 heavy (non-hydrogen) atoms. The first kappa shape index (κ1) is 27.5.